The Morgan fingerprint density at radius 1 is 1.48 bits per heavy atom. The van der Waals surface area contributed by atoms with Crippen LogP contribution in [0.2, 0.25) is 0 Å². The molecule has 0 aliphatic rings. The molecule has 0 saturated heterocycles. The van der Waals surface area contributed by atoms with Gasteiger partial charge in [-0.1, -0.05) is 12.1 Å². The topological polar surface area (TPSA) is 68.0 Å². The minimum absolute atomic E-state index is 0.311. The van der Waals surface area contributed by atoms with Gasteiger partial charge < -0.3 is 11.1 Å². The van der Waals surface area contributed by atoms with Crippen molar-refractivity contribution in [2.24, 2.45) is 5.73 Å². The van der Waals surface area contributed by atoms with Gasteiger partial charge in [-0.3, -0.25) is 4.79 Å². The minimum atomic E-state index is -3.10. The van der Waals surface area contributed by atoms with Gasteiger partial charge in [0.1, 0.15) is 0 Å². The lowest BCUT2D eigenvalue weighted by Gasteiger charge is -2.14. The molecule has 0 bridgehead atoms. The van der Waals surface area contributed by atoms with E-state index in [1.165, 1.54) is 11.3 Å². The molecular formula is C14H15F2N3OS. The Labute approximate surface area is 125 Å². The summed E-state index contributed by atoms with van der Waals surface area (Å²) < 4.78 is 26.1. The van der Waals surface area contributed by atoms with Crippen LogP contribution in [0.25, 0.3) is 11.3 Å². The summed E-state index contributed by atoms with van der Waals surface area (Å²) >= 11 is 1.51. The lowest BCUT2D eigenvalue weighted by molar-refractivity contribution is 0.0118. The summed E-state index contributed by atoms with van der Waals surface area (Å²) in [6, 6.07) is 6.71. The molecule has 3 N–H and O–H groups in total. The van der Waals surface area contributed by atoms with Gasteiger partial charge in [-0.05, 0) is 19.1 Å². The number of nitrogens with zero attached hydrogens (tertiary/aromatic N) is 1. The molecule has 0 fully saturated rings. The van der Waals surface area contributed by atoms with E-state index in [-0.39, 0.29) is 0 Å². The molecule has 0 saturated carbocycles. The normalized spacial score (nSPS) is 11.4. The lowest BCUT2D eigenvalue weighted by Crippen LogP contribution is -2.41. The molecule has 2 rings (SSSR count). The van der Waals surface area contributed by atoms with Crippen LogP contribution in [0, 0.1) is 6.92 Å². The fraction of sp³-hybridized carbons (Fsp3) is 0.286. The van der Waals surface area contributed by atoms with Crippen LogP contribution in [-0.4, -0.2) is 29.9 Å². The quantitative estimate of drug-likeness (QED) is 0.891. The predicted molar refractivity (Wildman–Crippen MR) is 78.6 cm³/mol. The number of hydrogen-bond donors (Lipinski definition) is 2. The number of carbonyl (C=O) groups excluding carboxylic acids is 1. The van der Waals surface area contributed by atoms with Gasteiger partial charge in [-0.25, -0.2) is 13.8 Å². The van der Waals surface area contributed by atoms with Crippen LogP contribution in [-0.2, 0) is 0 Å². The highest BCUT2D eigenvalue weighted by atomic mass is 32.1. The maximum Gasteiger partial charge on any atom is 0.277 e. The largest absolute Gasteiger partial charge is 0.346 e. The number of thiazole rings is 1. The molecule has 0 spiro atoms. The van der Waals surface area contributed by atoms with E-state index in [9.17, 15) is 13.6 Å². The van der Waals surface area contributed by atoms with Crippen molar-refractivity contribution in [3.05, 3.63) is 40.2 Å². The number of aryl methyl sites for hydroxylation is 1. The van der Waals surface area contributed by atoms with Gasteiger partial charge in [0.25, 0.3) is 11.8 Å². The van der Waals surface area contributed by atoms with Gasteiger partial charge in [0.15, 0.2) is 0 Å². The molecule has 1 amide bonds. The van der Waals surface area contributed by atoms with Crippen LogP contribution < -0.4 is 11.1 Å². The number of halogens is 2. The van der Waals surface area contributed by atoms with Gasteiger partial charge >= 0.3 is 0 Å². The third-order valence-corrected chi connectivity index (χ3v) is 3.62. The first-order valence-electron chi connectivity index (χ1n) is 6.30. The van der Waals surface area contributed by atoms with E-state index in [1.807, 2.05) is 18.4 Å². The zero-order valence-corrected chi connectivity index (χ0v) is 12.2. The summed E-state index contributed by atoms with van der Waals surface area (Å²) in [6.45, 7) is 0.313. The summed E-state index contributed by atoms with van der Waals surface area (Å²) in [5.74, 6) is -3.66. The molecule has 21 heavy (non-hydrogen) atoms. The lowest BCUT2D eigenvalue weighted by atomic mass is 10.1. The Morgan fingerprint density at radius 3 is 2.86 bits per heavy atom. The number of carbonyl (C=O) groups is 1. The summed E-state index contributed by atoms with van der Waals surface area (Å²) in [7, 11) is 0. The molecule has 1 aromatic carbocycles. The fourth-order valence-corrected chi connectivity index (χ4v) is 2.32. The SMILES string of the molecule is Cc1nc(-c2cccc(C(=O)NCC(F)(F)CN)c2)cs1. The molecule has 1 aromatic heterocycles. The Morgan fingerprint density at radius 2 is 2.24 bits per heavy atom. The number of hydrogen-bond acceptors (Lipinski definition) is 4. The molecule has 0 atom stereocenters. The van der Waals surface area contributed by atoms with Crippen molar-refractivity contribution in [2.75, 3.05) is 13.1 Å². The molecule has 7 heteroatoms. The molecule has 1 heterocycles. The molecule has 0 radical (unpaired) electrons. The van der Waals surface area contributed by atoms with Crippen LogP contribution >= 0.6 is 11.3 Å². The Bertz CT molecular complexity index is 643. The molecule has 0 aliphatic carbocycles. The number of amides is 1. The van der Waals surface area contributed by atoms with Crippen molar-refractivity contribution < 1.29 is 13.6 Å². The van der Waals surface area contributed by atoms with Crippen molar-refractivity contribution in [3.8, 4) is 11.3 Å². The summed E-state index contributed by atoms with van der Waals surface area (Å²) in [4.78, 5) is 16.2. The number of nitrogens with two attached hydrogens (primary N) is 1. The second kappa shape index (κ2) is 6.28. The Hall–Kier alpha value is -1.86. The third kappa shape index (κ3) is 4.05. The summed E-state index contributed by atoms with van der Waals surface area (Å²) in [5.41, 5.74) is 6.78. The average Bonchev–Trinajstić information content (AvgIpc) is 2.92. The van der Waals surface area contributed by atoms with Crippen LogP contribution in [0.3, 0.4) is 0 Å². The van der Waals surface area contributed by atoms with Gasteiger partial charge in [-0.15, -0.1) is 11.3 Å². The van der Waals surface area contributed by atoms with E-state index in [2.05, 4.69) is 10.3 Å². The van der Waals surface area contributed by atoms with E-state index < -0.39 is 24.9 Å². The van der Waals surface area contributed by atoms with E-state index >= 15 is 0 Å². The zero-order chi connectivity index (χ0) is 15.5. The van der Waals surface area contributed by atoms with E-state index in [0.29, 0.717) is 5.56 Å². The van der Waals surface area contributed by atoms with Crippen molar-refractivity contribution in [3.63, 3.8) is 0 Å². The monoisotopic (exact) mass is 311 g/mol. The number of benzene rings is 1. The molecule has 4 nitrogen and oxygen atoms in total. The Balaban J connectivity index is 2.12. The van der Waals surface area contributed by atoms with E-state index in [0.717, 1.165) is 16.3 Å². The van der Waals surface area contributed by atoms with Gasteiger partial charge in [0.2, 0.25) is 0 Å². The summed E-state index contributed by atoms with van der Waals surface area (Å²) in [6.07, 6.45) is 0. The van der Waals surface area contributed by atoms with Crippen molar-refractivity contribution in [1.82, 2.24) is 10.3 Å². The second-order valence-corrected chi connectivity index (χ2v) is 5.64. The van der Waals surface area contributed by atoms with Gasteiger partial charge in [-0.2, -0.15) is 0 Å². The number of aromatic nitrogens is 1. The van der Waals surface area contributed by atoms with E-state index in [4.69, 9.17) is 5.73 Å². The van der Waals surface area contributed by atoms with Crippen LogP contribution in [0.15, 0.2) is 29.6 Å². The number of alkyl halides is 2. The van der Waals surface area contributed by atoms with Crippen molar-refractivity contribution >= 4 is 17.2 Å². The highest BCUT2D eigenvalue weighted by Crippen LogP contribution is 2.22. The van der Waals surface area contributed by atoms with E-state index in [1.54, 1.807) is 18.2 Å². The van der Waals surface area contributed by atoms with Crippen LogP contribution in [0.5, 0.6) is 0 Å². The second-order valence-electron chi connectivity index (χ2n) is 4.58. The molecule has 0 aliphatic heterocycles. The maximum absolute atomic E-state index is 13.0. The molecule has 2 aromatic rings. The first-order valence-corrected chi connectivity index (χ1v) is 7.18. The fourth-order valence-electron chi connectivity index (χ4n) is 1.70. The molecule has 112 valence electrons. The van der Waals surface area contributed by atoms with Crippen LogP contribution in [0.4, 0.5) is 8.78 Å². The first-order chi connectivity index (χ1) is 9.91. The Kier molecular flexibility index (Phi) is 4.64. The summed E-state index contributed by atoms with van der Waals surface area (Å²) in [5, 5.41) is 4.99. The predicted octanol–water partition coefficient (Wildman–Crippen LogP) is 2.44. The van der Waals surface area contributed by atoms with Gasteiger partial charge in [0.05, 0.1) is 23.8 Å². The molecule has 0 unspecified atom stereocenters. The van der Waals surface area contributed by atoms with Crippen molar-refractivity contribution in [2.45, 2.75) is 12.8 Å². The molecular weight excluding hydrogens is 296 g/mol. The van der Waals surface area contributed by atoms with Crippen molar-refractivity contribution in [1.29, 1.82) is 0 Å². The highest BCUT2D eigenvalue weighted by Gasteiger charge is 2.27. The first kappa shape index (κ1) is 15.5. The number of rotatable bonds is 5. The minimum Gasteiger partial charge on any atom is -0.346 e. The smallest absolute Gasteiger partial charge is 0.277 e. The van der Waals surface area contributed by atoms with Crippen LogP contribution in [0.1, 0.15) is 15.4 Å². The average molecular weight is 311 g/mol. The standard InChI is InChI=1S/C14H15F2N3OS/c1-9-19-12(6-21-9)10-3-2-4-11(5-10)13(20)18-8-14(15,16)7-17/h2-6H,7-8,17H2,1H3,(H,18,20). The highest BCUT2D eigenvalue weighted by molar-refractivity contribution is 7.09. The van der Waals surface area contributed by atoms with Gasteiger partial charge in [0, 0.05) is 16.5 Å². The maximum atomic E-state index is 13.0. The zero-order valence-electron chi connectivity index (χ0n) is 11.4. The third-order valence-electron chi connectivity index (χ3n) is 2.85. The number of nitrogens with one attached hydrogen (secondary N) is 1.